The molecule has 1 amide bonds. The molecule has 0 radical (unpaired) electrons. The standard InChI is InChI=1S/C14H18N2O4/c17-12-5-1-3-7-16(12)8-4-2-6-15-13(18)10-9-11(10)14(19)20/h1,3,5,7,10-11H,2,4,6,8-9H2,(H,15,18)(H,19,20)/t10-,11+/m1/s1. The first-order valence-electron chi connectivity index (χ1n) is 6.75. The van der Waals surface area contributed by atoms with Crippen LogP contribution in [0.3, 0.4) is 0 Å². The molecule has 0 bridgehead atoms. The van der Waals surface area contributed by atoms with Crippen LogP contribution in [-0.4, -0.2) is 28.1 Å². The van der Waals surface area contributed by atoms with Crippen LogP contribution in [0.1, 0.15) is 19.3 Å². The lowest BCUT2D eigenvalue weighted by molar-refractivity contribution is -0.140. The van der Waals surface area contributed by atoms with Gasteiger partial charge in [0.2, 0.25) is 11.5 Å². The van der Waals surface area contributed by atoms with Gasteiger partial charge in [-0.2, -0.15) is 0 Å². The second-order valence-electron chi connectivity index (χ2n) is 5.02. The Kier molecular flexibility index (Phi) is 4.55. The van der Waals surface area contributed by atoms with Crippen molar-refractivity contribution >= 4 is 11.9 Å². The minimum absolute atomic E-state index is 0.0289. The lowest BCUT2D eigenvalue weighted by Crippen LogP contribution is -2.27. The molecule has 1 aliphatic rings. The van der Waals surface area contributed by atoms with Crippen LogP contribution in [-0.2, 0) is 16.1 Å². The van der Waals surface area contributed by atoms with Crippen LogP contribution in [0.5, 0.6) is 0 Å². The van der Waals surface area contributed by atoms with E-state index in [-0.39, 0.29) is 17.4 Å². The van der Waals surface area contributed by atoms with E-state index in [1.54, 1.807) is 16.8 Å². The van der Waals surface area contributed by atoms with Crippen molar-refractivity contribution in [2.75, 3.05) is 6.54 Å². The van der Waals surface area contributed by atoms with Gasteiger partial charge in [-0.1, -0.05) is 6.07 Å². The summed E-state index contributed by atoms with van der Waals surface area (Å²) in [5, 5.41) is 11.5. The third kappa shape index (κ3) is 3.69. The topological polar surface area (TPSA) is 88.4 Å². The van der Waals surface area contributed by atoms with Crippen molar-refractivity contribution in [2.24, 2.45) is 11.8 Å². The summed E-state index contributed by atoms with van der Waals surface area (Å²) in [6.45, 7) is 1.14. The molecule has 2 rings (SSSR count). The molecule has 0 spiro atoms. The van der Waals surface area contributed by atoms with Crippen molar-refractivity contribution in [2.45, 2.75) is 25.8 Å². The molecule has 1 heterocycles. The van der Waals surface area contributed by atoms with Crippen molar-refractivity contribution in [1.82, 2.24) is 9.88 Å². The number of aromatic nitrogens is 1. The fraction of sp³-hybridized carbons (Fsp3) is 0.500. The van der Waals surface area contributed by atoms with Gasteiger partial charge in [0.15, 0.2) is 0 Å². The van der Waals surface area contributed by atoms with Crippen LogP contribution in [0.4, 0.5) is 0 Å². The molecule has 2 N–H and O–H groups in total. The van der Waals surface area contributed by atoms with E-state index in [9.17, 15) is 14.4 Å². The summed E-state index contributed by atoms with van der Waals surface area (Å²) >= 11 is 0. The lowest BCUT2D eigenvalue weighted by Gasteiger charge is -2.06. The molecule has 2 atom stereocenters. The number of carbonyl (C=O) groups is 2. The van der Waals surface area contributed by atoms with E-state index in [2.05, 4.69) is 5.32 Å². The van der Waals surface area contributed by atoms with E-state index in [0.717, 1.165) is 12.8 Å². The first-order chi connectivity index (χ1) is 9.59. The maximum absolute atomic E-state index is 11.6. The van der Waals surface area contributed by atoms with Gasteiger partial charge >= 0.3 is 5.97 Å². The average molecular weight is 278 g/mol. The summed E-state index contributed by atoms with van der Waals surface area (Å²) in [5.74, 6) is -1.93. The van der Waals surface area contributed by atoms with Crippen LogP contribution in [0, 0.1) is 11.8 Å². The Labute approximate surface area is 116 Å². The zero-order valence-corrected chi connectivity index (χ0v) is 11.1. The smallest absolute Gasteiger partial charge is 0.307 e. The number of nitrogens with one attached hydrogen (secondary N) is 1. The number of carboxylic acid groups (broad SMARTS) is 1. The SMILES string of the molecule is O=C(O)[C@H]1C[C@H]1C(=O)NCCCCn1ccccc1=O. The molecule has 6 heteroatoms. The molecule has 1 aliphatic carbocycles. The Bertz CT molecular complexity index is 552. The number of unbranched alkanes of at least 4 members (excludes halogenated alkanes) is 1. The normalized spacial score (nSPS) is 20.4. The maximum atomic E-state index is 11.6. The molecule has 1 fully saturated rings. The maximum Gasteiger partial charge on any atom is 0.307 e. The third-order valence-corrected chi connectivity index (χ3v) is 3.47. The summed E-state index contributed by atoms with van der Waals surface area (Å²) in [4.78, 5) is 33.6. The van der Waals surface area contributed by atoms with Crippen LogP contribution < -0.4 is 10.9 Å². The largest absolute Gasteiger partial charge is 0.481 e. The van der Waals surface area contributed by atoms with E-state index >= 15 is 0 Å². The Morgan fingerprint density at radius 3 is 2.75 bits per heavy atom. The molecule has 1 saturated carbocycles. The van der Waals surface area contributed by atoms with Crippen LogP contribution in [0.25, 0.3) is 0 Å². The molecule has 20 heavy (non-hydrogen) atoms. The van der Waals surface area contributed by atoms with Crippen molar-refractivity contribution < 1.29 is 14.7 Å². The first kappa shape index (κ1) is 14.3. The van der Waals surface area contributed by atoms with E-state index in [1.165, 1.54) is 6.07 Å². The lowest BCUT2D eigenvalue weighted by atomic mass is 10.2. The summed E-state index contributed by atoms with van der Waals surface area (Å²) in [6, 6.07) is 5.02. The summed E-state index contributed by atoms with van der Waals surface area (Å²) < 4.78 is 1.63. The van der Waals surface area contributed by atoms with Crippen LogP contribution in [0.2, 0.25) is 0 Å². The van der Waals surface area contributed by atoms with E-state index in [0.29, 0.717) is 19.5 Å². The molecular formula is C14H18N2O4. The van der Waals surface area contributed by atoms with E-state index < -0.39 is 11.9 Å². The van der Waals surface area contributed by atoms with Crippen molar-refractivity contribution in [3.8, 4) is 0 Å². The van der Waals surface area contributed by atoms with Gasteiger partial charge in [-0.25, -0.2) is 0 Å². The predicted molar refractivity (Wildman–Crippen MR) is 72.2 cm³/mol. The third-order valence-electron chi connectivity index (χ3n) is 3.47. The number of amides is 1. The molecule has 1 aromatic heterocycles. The fourth-order valence-electron chi connectivity index (χ4n) is 2.15. The van der Waals surface area contributed by atoms with Crippen LogP contribution >= 0.6 is 0 Å². The first-order valence-corrected chi connectivity index (χ1v) is 6.75. The minimum Gasteiger partial charge on any atom is -0.481 e. The summed E-state index contributed by atoms with van der Waals surface area (Å²) in [5.41, 5.74) is -0.0289. The van der Waals surface area contributed by atoms with Crippen molar-refractivity contribution in [1.29, 1.82) is 0 Å². The minimum atomic E-state index is -0.895. The highest BCUT2D eigenvalue weighted by Gasteiger charge is 2.48. The Morgan fingerprint density at radius 2 is 2.10 bits per heavy atom. The van der Waals surface area contributed by atoms with Crippen molar-refractivity contribution in [3.05, 3.63) is 34.7 Å². The Morgan fingerprint density at radius 1 is 1.30 bits per heavy atom. The number of hydrogen-bond acceptors (Lipinski definition) is 3. The zero-order valence-electron chi connectivity index (χ0n) is 11.1. The van der Waals surface area contributed by atoms with Crippen LogP contribution in [0.15, 0.2) is 29.2 Å². The zero-order chi connectivity index (χ0) is 14.5. The molecular weight excluding hydrogens is 260 g/mol. The fourth-order valence-corrected chi connectivity index (χ4v) is 2.15. The van der Waals surface area contributed by atoms with Gasteiger partial charge in [0.25, 0.3) is 0 Å². The highest BCUT2D eigenvalue weighted by Crippen LogP contribution is 2.38. The highest BCUT2D eigenvalue weighted by atomic mass is 16.4. The quantitative estimate of drug-likeness (QED) is 0.709. The van der Waals surface area contributed by atoms with E-state index in [4.69, 9.17) is 5.11 Å². The number of nitrogens with zero attached hydrogens (tertiary/aromatic N) is 1. The molecule has 0 saturated heterocycles. The van der Waals surface area contributed by atoms with Gasteiger partial charge in [0, 0.05) is 25.4 Å². The number of rotatable bonds is 7. The Balaban J connectivity index is 1.61. The number of carboxylic acids is 1. The van der Waals surface area contributed by atoms with Gasteiger partial charge in [-0.3, -0.25) is 14.4 Å². The average Bonchev–Trinajstić information content (AvgIpc) is 3.20. The molecule has 0 aromatic carbocycles. The monoisotopic (exact) mass is 278 g/mol. The number of pyridine rings is 1. The number of carbonyl (C=O) groups excluding carboxylic acids is 1. The second kappa shape index (κ2) is 6.36. The molecule has 0 aliphatic heterocycles. The number of aryl methyl sites for hydroxylation is 1. The molecule has 6 nitrogen and oxygen atoms in total. The number of aliphatic carboxylic acids is 1. The highest BCUT2D eigenvalue weighted by molar-refractivity contribution is 5.89. The van der Waals surface area contributed by atoms with Gasteiger partial charge in [-0.05, 0) is 25.3 Å². The van der Waals surface area contributed by atoms with Gasteiger partial charge < -0.3 is 15.0 Å². The van der Waals surface area contributed by atoms with Gasteiger partial charge in [0.1, 0.15) is 0 Å². The van der Waals surface area contributed by atoms with Crippen molar-refractivity contribution in [3.63, 3.8) is 0 Å². The Hall–Kier alpha value is -2.11. The predicted octanol–water partition coefficient (Wildman–Crippen LogP) is 0.465. The molecule has 1 aromatic rings. The molecule has 0 unspecified atom stereocenters. The van der Waals surface area contributed by atoms with E-state index in [1.807, 2.05) is 6.07 Å². The molecule has 108 valence electrons. The van der Waals surface area contributed by atoms with Gasteiger partial charge in [-0.15, -0.1) is 0 Å². The summed E-state index contributed by atoms with van der Waals surface area (Å²) in [6.07, 6.45) is 3.73. The second-order valence-corrected chi connectivity index (χ2v) is 5.02. The van der Waals surface area contributed by atoms with Gasteiger partial charge in [0.05, 0.1) is 11.8 Å². The number of hydrogen-bond donors (Lipinski definition) is 2. The summed E-state index contributed by atoms with van der Waals surface area (Å²) in [7, 11) is 0.